The number of benzene rings is 2. The van der Waals surface area contributed by atoms with Gasteiger partial charge in [-0.25, -0.2) is 4.98 Å². The molecule has 2 aromatic carbocycles. The monoisotopic (exact) mass is 498 g/mol. The van der Waals surface area contributed by atoms with Gasteiger partial charge in [-0.05, 0) is 36.4 Å². The van der Waals surface area contributed by atoms with Gasteiger partial charge in [-0.2, -0.15) is 13.2 Å². The van der Waals surface area contributed by atoms with Crippen molar-refractivity contribution < 1.29 is 32.2 Å². The first-order valence-corrected chi connectivity index (χ1v) is 10.2. The van der Waals surface area contributed by atoms with Gasteiger partial charge in [-0.3, -0.25) is 19.9 Å². The maximum Gasteiger partial charge on any atom is 0.419 e. The minimum Gasteiger partial charge on any atom is -0.496 e. The number of fused-ring (bicyclic) bond motifs is 1. The smallest absolute Gasteiger partial charge is 0.419 e. The van der Waals surface area contributed by atoms with Crippen LogP contribution in [0.25, 0.3) is 11.0 Å². The van der Waals surface area contributed by atoms with Gasteiger partial charge in [0.1, 0.15) is 28.5 Å². The van der Waals surface area contributed by atoms with E-state index in [1.54, 1.807) is 18.2 Å². The molecule has 0 saturated carbocycles. The summed E-state index contributed by atoms with van der Waals surface area (Å²) < 4.78 is 50.3. The molecule has 10 nitrogen and oxygen atoms in total. The molecule has 0 spiro atoms. The third-order valence-electron chi connectivity index (χ3n) is 4.84. The zero-order chi connectivity index (χ0) is 25.9. The molecule has 0 aliphatic heterocycles. The standard InChI is InChI=1S/C23H17F3N6O4/c1-27-21(34)18-11-14(7-8-28-18)36-13-4-5-16-17(10-13)29-22(32-31-16)30-20(33)12-3-6-19(35-2)15(9-12)23(24,25)26/h3-11H,1-2H3,(H,27,34)(H,29,30,32,33). The number of anilines is 1. The molecule has 4 aromatic rings. The largest absolute Gasteiger partial charge is 0.496 e. The maximum atomic E-state index is 13.3. The Morgan fingerprint density at radius 1 is 0.917 bits per heavy atom. The van der Waals surface area contributed by atoms with Gasteiger partial charge in [0.15, 0.2) is 0 Å². The Bertz CT molecular complexity index is 1460. The molecule has 0 bridgehead atoms. The zero-order valence-corrected chi connectivity index (χ0v) is 18.8. The topological polar surface area (TPSA) is 128 Å². The van der Waals surface area contributed by atoms with E-state index >= 15 is 0 Å². The van der Waals surface area contributed by atoms with Crippen LogP contribution in [0.1, 0.15) is 26.4 Å². The molecule has 2 heterocycles. The number of methoxy groups -OCH3 is 1. The van der Waals surface area contributed by atoms with Crippen LogP contribution in [-0.4, -0.2) is 46.1 Å². The third kappa shape index (κ3) is 5.29. The lowest BCUT2D eigenvalue weighted by atomic mass is 10.1. The highest BCUT2D eigenvalue weighted by molar-refractivity contribution is 6.03. The molecule has 0 aliphatic carbocycles. The zero-order valence-electron chi connectivity index (χ0n) is 18.8. The first-order chi connectivity index (χ1) is 17.2. The summed E-state index contributed by atoms with van der Waals surface area (Å²) in [6.45, 7) is 0. The van der Waals surface area contributed by atoms with Gasteiger partial charge in [-0.1, -0.05) is 0 Å². The van der Waals surface area contributed by atoms with Crippen LogP contribution in [0.15, 0.2) is 54.7 Å². The van der Waals surface area contributed by atoms with Gasteiger partial charge in [-0.15, -0.1) is 10.2 Å². The summed E-state index contributed by atoms with van der Waals surface area (Å²) in [7, 11) is 2.58. The van der Waals surface area contributed by atoms with Crippen LogP contribution in [0, 0.1) is 0 Å². The fourth-order valence-corrected chi connectivity index (χ4v) is 3.14. The Labute approximate surface area is 201 Å². The number of nitrogens with zero attached hydrogens (tertiary/aromatic N) is 4. The average molecular weight is 498 g/mol. The van der Waals surface area contributed by atoms with E-state index < -0.39 is 23.4 Å². The van der Waals surface area contributed by atoms with E-state index in [-0.39, 0.29) is 23.1 Å². The lowest BCUT2D eigenvalue weighted by molar-refractivity contribution is -0.138. The van der Waals surface area contributed by atoms with Crippen LogP contribution >= 0.6 is 0 Å². The summed E-state index contributed by atoms with van der Waals surface area (Å²) >= 11 is 0. The van der Waals surface area contributed by atoms with E-state index in [2.05, 4.69) is 30.8 Å². The Morgan fingerprint density at radius 3 is 2.42 bits per heavy atom. The molecule has 0 saturated heterocycles. The lowest BCUT2D eigenvalue weighted by Gasteiger charge is -2.13. The molecule has 0 atom stereocenters. The molecule has 36 heavy (non-hydrogen) atoms. The summed E-state index contributed by atoms with van der Waals surface area (Å²) in [6, 6.07) is 10.6. The Hall–Kier alpha value is -4.81. The summed E-state index contributed by atoms with van der Waals surface area (Å²) in [5, 5.41) is 12.6. The Balaban J connectivity index is 1.56. The normalized spacial score (nSPS) is 11.1. The quantitative estimate of drug-likeness (QED) is 0.410. The van der Waals surface area contributed by atoms with Crippen LogP contribution in [0.2, 0.25) is 0 Å². The summed E-state index contributed by atoms with van der Waals surface area (Å²) in [5.74, 6) is -1.19. The summed E-state index contributed by atoms with van der Waals surface area (Å²) in [5.41, 5.74) is -0.521. The average Bonchev–Trinajstić information content (AvgIpc) is 2.87. The second-order valence-electron chi connectivity index (χ2n) is 7.21. The number of ether oxygens (including phenoxy) is 2. The highest BCUT2D eigenvalue weighted by atomic mass is 19.4. The van der Waals surface area contributed by atoms with Crippen LogP contribution in [0.5, 0.6) is 17.2 Å². The summed E-state index contributed by atoms with van der Waals surface area (Å²) in [4.78, 5) is 32.5. The number of aromatic nitrogens is 4. The summed E-state index contributed by atoms with van der Waals surface area (Å²) in [6.07, 6.45) is -3.29. The van der Waals surface area contributed by atoms with Crippen molar-refractivity contribution in [2.75, 3.05) is 19.5 Å². The first-order valence-electron chi connectivity index (χ1n) is 10.2. The van der Waals surface area contributed by atoms with Crippen LogP contribution in [0.4, 0.5) is 19.1 Å². The van der Waals surface area contributed by atoms with Crippen molar-refractivity contribution in [2.24, 2.45) is 0 Å². The molecule has 184 valence electrons. The molecule has 0 radical (unpaired) electrons. The maximum absolute atomic E-state index is 13.3. The second-order valence-corrected chi connectivity index (χ2v) is 7.21. The van der Waals surface area contributed by atoms with Crippen molar-refractivity contribution in [3.63, 3.8) is 0 Å². The molecular formula is C23H17F3N6O4. The number of amides is 2. The van der Waals surface area contributed by atoms with E-state index in [0.29, 0.717) is 28.6 Å². The number of halogens is 3. The highest BCUT2D eigenvalue weighted by Gasteiger charge is 2.35. The number of hydrogen-bond acceptors (Lipinski definition) is 8. The molecule has 0 unspecified atom stereocenters. The number of hydrogen-bond donors (Lipinski definition) is 2. The molecular weight excluding hydrogens is 481 g/mol. The predicted octanol–water partition coefficient (Wildman–Crippen LogP) is 3.85. The number of pyridine rings is 1. The minimum atomic E-state index is -4.71. The van der Waals surface area contributed by atoms with Gasteiger partial charge < -0.3 is 14.8 Å². The lowest BCUT2D eigenvalue weighted by Crippen LogP contribution is -2.18. The molecule has 2 amide bonds. The highest BCUT2D eigenvalue weighted by Crippen LogP contribution is 2.36. The Morgan fingerprint density at radius 2 is 1.69 bits per heavy atom. The van der Waals surface area contributed by atoms with E-state index in [4.69, 9.17) is 9.47 Å². The predicted molar refractivity (Wildman–Crippen MR) is 121 cm³/mol. The van der Waals surface area contributed by atoms with E-state index in [9.17, 15) is 22.8 Å². The number of carbonyl (C=O) groups is 2. The molecule has 2 N–H and O–H groups in total. The van der Waals surface area contributed by atoms with Gasteiger partial charge in [0.2, 0.25) is 5.95 Å². The van der Waals surface area contributed by atoms with E-state index in [0.717, 1.165) is 13.2 Å². The van der Waals surface area contributed by atoms with Crippen LogP contribution in [0.3, 0.4) is 0 Å². The minimum absolute atomic E-state index is 0.164. The van der Waals surface area contributed by atoms with Crippen LogP contribution in [-0.2, 0) is 6.18 Å². The van der Waals surface area contributed by atoms with Gasteiger partial charge in [0.25, 0.3) is 11.8 Å². The van der Waals surface area contributed by atoms with Crippen molar-refractivity contribution in [1.82, 2.24) is 25.5 Å². The molecule has 13 heteroatoms. The fraction of sp³-hybridized carbons (Fsp3) is 0.130. The van der Waals surface area contributed by atoms with Crippen molar-refractivity contribution in [1.29, 1.82) is 0 Å². The number of rotatable bonds is 6. The molecule has 0 aliphatic rings. The van der Waals surface area contributed by atoms with Crippen molar-refractivity contribution in [2.45, 2.75) is 6.18 Å². The van der Waals surface area contributed by atoms with Gasteiger partial charge in [0, 0.05) is 30.9 Å². The third-order valence-corrected chi connectivity index (χ3v) is 4.84. The number of nitrogens with one attached hydrogen (secondary N) is 2. The van der Waals surface area contributed by atoms with Crippen molar-refractivity contribution in [3.05, 3.63) is 71.5 Å². The van der Waals surface area contributed by atoms with Crippen molar-refractivity contribution >= 4 is 28.8 Å². The van der Waals surface area contributed by atoms with E-state index in [1.165, 1.54) is 31.4 Å². The SMILES string of the molecule is CNC(=O)c1cc(Oc2ccc3nnc(NC(=O)c4ccc(OC)c(C(F)(F)F)c4)nc3c2)ccn1. The van der Waals surface area contributed by atoms with Crippen molar-refractivity contribution in [3.8, 4) is 17.2 Å². The van der Waals surface area contributed by atoms with Gasteiger partial charge >= 0.3 is 6.18 Å². The number of alkyl halides is 3. The van der Waals surface area contributed by atoms with Crippen LogP contribution < -0.4 is 20.1 Å². The Kier molecular flexibility index (Phi) is 6.63. The fourth-order valence-electron chi connectivity index (χ4n) is 3.14. The second kappa shape index (κ2) is 9.82. The van der Waals surface area contributed by atoms with Gasteiger partial charge in [0.05, 0.1) is 18.2 Å². The molecule has 0 fully saturated rings. The first kappa shape index (κ1) is 24.3. The molecule has 2 aromatic heterocycles. The number of carbonyl (C=O) groups excluding carboxylic acids is 2. The molecule has 4 rings (SSSR count). The van der Waals surface area contributed by atoms with E-state index in [1.807, 2.05) is 0 Å².